The van der Waals surface area contributed by atoms with E-state index in [0.29, 0.717) is 11.6 Å². The monoisotopic (exact) mass is 388 g/mol. The van der Waals surface area contributed by atoms with Gasteiger partial charge in [-0.2, -0.15) is 5.26 Å². The Hall–Kier alpha value is -2.55. The SMILES string of the molecule is CCSN1CCC(Nc2cc(-c3cccc(C#N)c3)cc3ccncc23)CC1. The summed E-state index contributed by atoms with van der Waals surface area (Å²) in [5, 5.41) is 15.3. The minimum Gasteiger partial charge on any atom is -0.382 e. The van der Waals surface area contributed by atoms with Crippen LogP contribution in [-0.4, -0.2) is 34.2 Å². The lowest BCUT2D eigenvalue weighted by atomic mass is 9.98. The van der Waals surface area contributed by atoms with Crippen molar-refractivity contribution in [1.82, 2.24) is 9.29 Å². The van der Waals surface area contributed by atoms with Crippen LogP contribution in [0.5, 0.6) is 0 Å². The van der Waals surface area contributed by atoms with Crippen LogP contribution in [0.4, 0.5) is 5.69 Å². The third-order valence-electron chi connectivity index (χ3n) is 5.21. The van der Waals surface area contributed by atoms with E-state index < -0.39 is 0 Å². The molecule has 0 spiro atoms. The minimum absolute atomic E-state index is 0.470. The maximum Gasteiger partial charge on any atom is 0.0991 e. The van der Waals surface area contributed by atoms with E-state index in [-0.39, 0.29) is 0 Å². The highest BCUT2D eigenvalue weighted by Gasteiger charge is 2.20. The zero-order valence-electron chi connectivity index (χ0n) is 16.1. The molecule has 3 aromatic rings. The Balaban J connectivity index is 1.65. The number of anilines is 1. The summed E-state index contributed by atoms with van der Waals surface area (Å²) >= 11 is 1.94. The predicted molar refractivity (Wildman–Crippen MR) is 118 cm³/mol. The highest BCUT2D eigenvalue weighted by atomic mass is 32.2. The molecule has 0 atom stereocenters. The molecule has 4 nitrogen and oxygen atoms in total. The van der Waals surface area contributed by atoms with E-state index in [2.05, 4.69) is 51.9 Å². The normalized spacial score (nSPS) is 15.4. The Morgan fingerprint density at radius 2 is 2.04 bits per heavy atom. The van der Waals surface area contributed by atoms with Crippen LogP contribution in [-0.2, 0) is 0 Å². The first kappa shape index (κ1) is 18.8. The number of nitrogens with one attached hydrogen (secondary N) is 1. The minimum atomic E-state index is 0.470. The van der Waals surface area contributed by atoms with E-state index in [1.54, 1.807) is 0 Å². The van der Waals surface area contributed by atoms with Crippen molar-refractivity contribution in [3.05, 3.63) is 60.4 Å². The van der Waals surface area contributed by atoms with E-state index in [1.807, 2.05) is 42.5 Å². The summed E-state index contributed by atoms with van der Waals surface area (Å²) in [7, 11) is 0. The number of aromatic nitrogens is 1. The number of nitriles is 1. The Bertz CT molecular complexity index is 1000. The molecule has 142 valence electrons. The number of rotatable bonds is 5. The number of hydrogen-bond acceptors (Lipinski definition) is 5. The zero-order valence-corrected chi connectivity index (χ0v) is 16.9. The molecule has 5 heteroatoms. The molecule has 1 aliphatic rings. The molecular weight excluding hydrogens is 364 g/mol. The first-order chi connectivity index (χ1) is 13.8. The third-order valence-corrected chi connectivity index (χ3v) is 6.19. The van der Waals surface area contributed by atoms with Crippen molar-refractivity contribution in [1.29, 1.82) is 5.26 Å². The van der Waals surface area contributed by atoms with Crippen molar-refractivity contribution in [3.8, 4) is 17.2 Å². The van der Waals surface area contributed by atoms with Gasteiger partial charge in [0.1, 0.15) is 0 Å². The number of benzene rings is 2. The smallest absolute Gasteiger partial charge is 0.0991 e. The van der Waals surface area contributed by atoms with Gasteiger partial charge in [-0.15, -0.1) is 0 Å². The molecule has 1 N–H and O–H groups in total. The van der Waals surface area contributed by atoms with Crippen LogP contribution in [0.1, 0.15) is 25.3 Å². The molecule has 0 radical (unpaired) electrons. The largest absolute Gasteiger partial charge is 0.382 e. The fourth-order valence-corrected chi connectivity index (χ4v) is 4.62. The van der Waals surface area contributed by atoms with Gasteiger partial charge in [0.25, 0.3) is 0 Å². The van der Waals surface area contributed by atoms with Crippen LogP contribution < -0.4 is 5.32 Å². The molecule has 1 aromatic heterocycles. The number of nitrogens with zero attached hydrogens (tertiary/aromatic N) is 3. The van der Waals surface area contributed by atoms with Crippen LogP contribution in [0.3, 0.4) is 0 Å². The summed E-state index contributed by atoms with van der Waals surface area (Å²) in [5.41, 5.74) is 4.00. The van der Waals surface area contributed by atoms with Gasteiger partial charge >= 0.3 is 0 Å². The van der Waals surface area contributed by atoms with E-state index >= 15 is 0 Å². The average Bonchev–Trinajstić information content (AvgIpc) is 2.75. The lowest BCUT2D eigenvalue weighted by molar-refractivity contribution is 0.359. The lowest BCUT2D eigenvalue weighted by Gasteiger charge is -2.32. The van der Waals surface area contributed by atoms with Gasteiger partial charge in [-0.1, -0.05) is 31.0 Å². The van der Waals surface area contributed by atoms with E-state index in [1.165, 1.54) is 0 Å². The first-order valence-electron chi connectivity index (χ1n) is 9.79. The van der Waals surface area contributed by atoms with Gasteiger partial charge in [0, 0.05) is 48.4 Å². The molecule has 0 bridgehead atoms. The summed E-state index contributed by atoms with van der Waals surface area (Å²) in [6.45, 7) is 4.45. The maximum absolute atomic E-state index is 9.23. The van der Waals surface area contributed by atoms with Crippen LogP contribution >= 0.6 is 11.9 Å². The molecule has 0 amide bonds. The molecule has 1 saturated heterocycles. The Morgan fingerprint density at radius 1 is 1.18 bits per heavy atom. The summed E-state index contributed by atoms with van der Waals surface area (Å²) in [4.78, 5) is 4.34. The lowest BCUT2D eigenvalue weighted by Crippen LogP contribution is -2.35. The topological polar surface area (TPSA) is 52.0 Å². The Labute approximate surface area is 170 Å². The highest BCUT2D eigenvalue weighted by molar-refractivity contribution is 7.96. The van der Waals surface area contributed by atoms with Crippen LogP contribution in [0.2, 0.25) is 0 Å². The second kappa shape index (κ2) is 8.64. The van der Waals surface area contributed by atoms with Crippen LogP contribution in [0.15, 0.2) is 54.9 Å². The van der Waals surface area contributed by atoms with Crippen LogP contribution in [0.25, 0.3) is 21.9 Å². The number of fused-ring (bicyclic) bond motifs is 1. The van der Waals surface area contributed by atoms with Crippen molar-refractivity contribution in [2.75, 3.05) is 24.2 Å². The number of pyridine rings is 1. The summed E-state index contributed by atoms with van der Waals surface area (Å²) in [6, 6.07) is 16.9. The van der Waals surface area contributed by atoms with Crippen molar-refractivity contribution in [3.63, 3.8) is 0 Å². The van der Waals surface area contributed by atoms with Gasteiger partial charge in [-0.25, -0.2) is 0 Å². The summed E-state index contributed by atoms with van der Waals surface area (Å²) in [6.07, 6.45) is 6.06. The second-order valence-electron chi connectivity index (χ2n) is 7.08. The number of hydrogen-bond donors (Lipinski definition) is 1. The molecule has 0 unspecified atom stereocenters. The quantitative estimate of drug-likeness (QED) is 0.600. The molecule has 4 rings (SSSR count). The van der Waals surface area contributed by atoms with Gasteiger partial charge in [0.05, 0.1) is 11.6 Å². The van der Waals surface area contributed by atoms with E-state index in [9.17, 15) is 5.26 Å². The molecule has 0 aliphatic carbocycles. The molecule has 28 heavy (non-hydrogen) atoms. The fourth-order valence-electron chi connectivity index (χ4n) is 3.78. The third kappa shape index (κ3) is 4.14. The standard InChI is InChI=1S/C23H24N4S/c1-2-28-27-10-7-21(8-11-27)26-23-14-20(13-19-6-9-25-16-22(19)23)18-5-3-4-17(12-18)15-24/h3-6,9,12-14,16,21,26H,2,7-8,10-11H2,1H3. The maximum atomic E-state index is 9.23. The summed E-state index contributed by atoms with van der Waals surface area (Å²) < 4.78 is 2.47. The number of piperidine rings is 1. The van der Waals surface area contributed by atoms with Crippen LogP contribution in [0, 0.1) is 11.3 Å². The molecular formula is C23H24N4S. The zero-order chi connectivity index (χ0) is 19.3. The summed E-state index contributed by atoms with van der Waals surface area (Å²) in [5.74, 6) is 1.14. The van der Waals surface area contributed by atoms with E-state index in [4.69, 9.17) is 0 Å². The van der Waals surface area contributed by atoms with Gasteiger partial charge in [-0.05, 0) is 59.7 Å². The van der Waals surface area contributed by atoms with Crippen molar-refractivity contribution in [2.45, 2.75) is 25.8 Å². The molecule has 2 aromatic carbocycles. The first-order valence-corrected chi connectivity index (χ1v) is 10.7. The molecule has 2 heterocycles. The van der Waals surface area contributed by atoms with Gasteiger partial charge < -0.3 is 5.32 Å². The van der Waals surface area contributed by atoms with E-state index in [0.717, 1.165) is 59.3 Å². The van der Waals surface area contributed by atoms with Gasteiger partial charge in [0.15, 0.2) is 0 Å². The molecule has 1 fully saturated rings. The Kier molecular flexibility index (Phi) is 5.80. The highest BCUT2D eigenvalue weighted by Crippen LogP contribution is 2.32. The Morgan fingerprint density at radius 3 is 2.82 bits per heavy atom. The average molecular weight is 389 g/mol. The predicted octanol–water partition coefficient (Wildman–Crippen LogP) is 5.32. The fraction of sp³-hybridized carbons (Fsp3) is 0.304. The van der Waals surface area contributed by atoms with Crippen molar-refractivity contribution >= 4 is 28.4 Å². The second-order valence-corrected chi connectivity index (χ2v) is 8.43. The van der Waals surface area contributed by atoms with Crippen molar-refractivity contribution in [2.24, 2.45) is 0 Å². The van der Waals surface area contributed by atoms with Crippen molar-refractivity contribution < 1.29 is 0 Å². The molecule has 0 saturated carbocycles. The van der Waals surface area contributed by atoms with Gasteiger partial charge in [0.2, 0.25) is 0 Å². The van der Waals surface area contributed by atoms with Gasteiger partial charge in [-0.3, -0.25) is 9.29 Å². The molecule has 1 aliphatic heterocycles.